The Kier molecular flexibility index (Phi) is 4.60. The summed E-state index contributed by atoms with van der Waals surface area (Å²) in [5.41, 5.74) is 5.35. The molecule has 6 nitrogen and oxygen atoms in total. The van der Waals surface area contributed by atoms with Crippen LogP contribution in [-0.2, 0) is 11.0 Å². The number of aryl methyl sites for hydroxylation is 1. The van der Waals surface area contributed by atoms with Crippen LogP contribution in [0.4, 0.5) is 13.2 Å². The number of primary amides is 1. The molecule has 0 radical (unpaired) electrons. The van der Waals surface area contributed by atoms with Crippen LogP contribution in [0.3, 0.4) is 0 Å². The summed E-state index contributed by atoms with van der Waals surface area (Å²) in [6, 6.07) is 3.58. The Morgan fingerprint density at radius 1 is 1.27 bits per heavy atom. The first-order valence-corrected chi connectivity index (χ1v) is 8.14. The standard InChI is InChI=1S/C16H12F3N5OS/c1-9-4-10(6-11(5-9)16(17,18)19)14-22-8-24(23-14)7-12(13(20)25)15-21-2-3-26-15/h2-8H,1H3,(H2,20,25)/b12-7+. The van der Waals surface area contributed by atoms with Crippen molar-refractivity contribution >= 4 is 29.0 Å². The second kappa shape index (κ2) is 6.71. The van der Waals surface area contributed by atoms with Gasteiger partial charge in [-0.05, 0) is 30.7 Å². The Balaban J connectivity index is 1.99. The molecule has 134 valence electrons. The zero-order valence-electron chi connectivity index (χ0n) is 13.4. The number of nitrogens with zero attached hydrogens (tertiary/aromatic N) is 4. The molecule has 0 bridgehead atoms. The number of carbonyl (C=O) groups excluding carboxylic acids is 1. The normalized spacial score (nSPS) is 12.4. The van der Waals surface area contributed by atoms with Crippen LogP contribution in [-0.4, -0.2) is 25.7 Å². The van der Waals surface area contributed by atoms with Crippen molar-refractivity contribution in [2.45, 2.75) is 13.1 Å². The van der Waals surface area contributed by atoms with Crippen LogP contribution in [0.2, 0.25) is 0 Å². The van der Waals surface area contributed by atoms with Crippen molar-refractivity contribution in [2.75, 3.05) is 0 Å². The number of alkyl halides is 3. The van der Waals surface area contributed by atoms with E-state index >= 15 is 0 Å². The van der Waals surface area contributed by atoms with Gasteiger partial charge in [0.2, 0.25) is 0 Å². The van der Waals surface area contributed by atoms with Crippen LogP contribution >= 0.6 is 11.3 Å². The van der Waals surface area contributed by atoms with Gasteiger partial charge >= 0.3 is 6.18 Å². The van der Waals surface area contributed by atoms with E-state index in [2.05, 4.69) is 15.1 Å². The second-order valence-corrected chi connectivity index (χ2v) is 6.27. The number of nitrogens with two attached hydrogens (primary N) is 1. The van der Waals surface area contributed by atoms with E-state index in [-0.39, 0.29) is 17.0 Å². The molecule has 0 aliphatic carbocycles. The number of carbonyl (C=O) groups is 1. The quantitative estimate of drug-likeness (QED) is 0.705. The highest BCUT2D eigenvalue weighted by molar-refractivity contribution is 7.11. The number of rotatable bonds is 4. The van der Waals surface area contributed by atoms with Gasteiger partial charge in [0.1, 0.15) is 11.3 Å². The van der Waals surface area contributed by atoms with Crippen molar-refractivity contribution in [3.63, 3.8) is 0 Å². The topological polar surface area (TPSA) is 86.7 Å². The zero-order valence-corrected chi connectivity index (χ0v) is 14.2. The van der Waals surface area contributed by atoms with E-state index in [1.165, 1.54) is 34.7 Å². The first-order chi connectivity index (χ1) is 12.2. The first-order valence-electron chi connectivity index (χ1n) is 7.26. The van der Waals surface area contributed by atoms with Crippen molar-refractivity contribution in [1.29, 1.82) is 0 Å². The summed E-state index contributed by atoms with van der Waals surface area (Å²) in [7, 11) is 0. The lowest BCUT2D eigenvalue weighted by Crippen LogP contribution is -2.13. The Morgan fingerprint density at radius 3 is 2.65 bits per heavy atom. The van der Waals surface area contributed by atoms with Crippen LogP contribution in [0.15, 0.2) is 36.1 Å². The van der Waals surface area contributed by atoms with E-state index in [1.807, 2.05) is 0 Å². The second-order valence-electron chi connectivity index (χ2n) is 5.38. The van der Waals surface area contributed by atoms with Crippen molar-refractivity contribution in [2.24, 2.45) is 5.73 Å². The Labute approximate surface area is 149 Å². The number of amides is 1. The van der Waals surface area contributed by atoms with Crippen LogP contribution in [0.25, 0.3) is 23.2 Å². The molecule has 0 unspecified atom stereocenters. The van der Waals surface area contributed by atoms with Gasteiger partial charge in [-0.25, -0.2) is 14.6 Å². The van der Waals surface area contributed by atoms with Gasteiger partial charge in [0.15, 0.2) is 5.82 Å². The van der Waals surface area contributed by atoms with Crippen LogP contribution in [0.5, 0.6) is 0 Å². The van der Waals surface area contributed by atoms with Gasteiger partial charge in [0, 0.05) is 23.3 Å². The van der Waals surface area contributed by atoms with Crippen LogP contribution < -0.4 is 5.73 Å². The fraction of sp³-hybridized carbons (Fsp3) is 0.125. The molecule has 1 amide bonds. The van der Waals surface area contributed by atoms with E-state index in [1.54, 1.807) is 18.4 Å². The molecular weight excluding hydrogens is 367 g/mol. The third kappa shape index (κ3) is 3.80. The highest BCUT2D eigenvalue weighted by atomic mass is 32.1. The van der Waals surface area contributed by atoms with Crippen molar-refractivity contribution in [1.82, 2.24) is 19.7 Å². The molecule has 0 fully saturated rings. The van der Waals surface area contributed by atoms with E-state index in [0.29, 0.717) is 10.6 Å². The van der Waals surface area contributed by atoms with Crippen LogP contribution in [0.1, 0.15) is 16.1 Å². The van der Waals surface area contributed by atoms with E-state index < -0.39 is 17.6 Å². The van der Waals surface area contributed by atoms with Gasteiger partial charge in [-0.15, -0.1) is 16.4 Å². The summed E-state index contributed by atoms with van der Waals surface area (Å²) in [6.07, 6.45) is -0.332. The minimum absolute atomic E-state index is 0.0957. The fourth-order valence-corrected chi connectivity index (χ4v) is 2.91. The molecule has 0 saturated carbocycles. The summed E-state index contributed by atoms with van der Waals surface area (Å²) in [5.74, 6) is -0.606. The predicted molar refractivity (Wildman–Crippen MR) is 90.7 cm³/mol. The highest BCUT2D eigenvalue weighted by Gasteiger charge is 2.31. The smallest absolute Gasteiger partial charge is 0.365 e. The number of thiazole rings is 1. The molecule has 0 atom stereocenters. The first kappa shape index (κ1) is 17.8. The maximum Gasteiger partial charge on any atom is 0.416 e. The monoisotopic (exact) mass is 379 g/mol. The maximum absolute atomic E-state index is 13.0. The molecule has 10 heteroatoms. The minimum atomic E-state index is -4.47. The summed E-state index contributed by atoms with van der Waals surface area (Å²) >= 11 is 1.22. The molecule has 26 heavy (non-hydrogen) atoms. The predicted octanol–water partition coefficient (Wildman–Crippen LogP) is 3.21. The van der Waals surface area contributed by atoms with Crippen LogP contribution in [0, 0.1) is 6.92 Å². The third-order valence-electron chi connectivity index (χ3n) is 3.36. The van der Waals surface area contributed by atoms with E-state index in [4.69, 9.17) is 5.73 Å². The van der Waals surface area contributed by atoms with Crippen molar-refractivity contribution < 1.29 is 18.0 Å². The Morgan fingerprint density at radius 2 is 2.04 bits per heavy atom. The number of hydrogen-bond acceptors (Lipinski definition) is 5. The molecule has 2 aromatic heterocycles. The van der Waals surface area contributed by atoms with Gasteiger partial charge < -0.3 is 5.73 Å². The summed E-state index contributed by atoms with van der Waals surface area (Å²) in [4.78, 5) is 19.6. The van der Waals surface area contributed by atoms with E-state index in [0.717, 1.165) is 12.1 Å². The summed E-state index contributed by atoms with van der Waals surface area (Å²) in [5, 5.41) is 6.20. The van der Waals surface area contributed by atoms with E-state index in [9.17, 15) is 18.0 Å². The molecule has 2 heterocycles. The number of benzene rings is 1. The molecule has 0 aliphatic rings. The maximum atomic E-state index is 13.0. The molecule has 3 rings (SSSR count). The average molecular weight is 379 g/mol. The Bertz CT molecular complexity index is 976. The number of aromatic nitrogens is 4. The van der Waals surface area contributed by atoms with Gasteiger partial charge in [-0.1, -0.05) is 0 Å². The SMILES string of the molecule is Cc1cc(-c2ncn(/C=C(\C(N)=O)c3nccs3)n2)cc(C(F)(F)F)c1. The molecular formula is C16H12F3N5OS. The third-order valence-corrected chi connectivity index (χ3v) is 4.17. The lowest BCUT2D eigenvalue weighted by Gasteiger charge is -2.09. The lowest BCUT2D eigenvalue weighted by molar-refractivity contribution is -0.137. The lowest BCUT2D eigenvalue weighted by atomic mass is 10.1. The molecule has 3 aromatic rings. The number of hydrogen-bond donors (Lipinski definition) is 1. The van der Waals surface area contributed by atoms with Gasteiger partial charge in [0.05, 0.1) is 11.1 Å². The molecule has 0 spiro atoms. The molecule has 0 aliphatic heterocycles. The Hall–Kier alpha value is -3.01. The summed E-state index contributed by atoms with van der Waals surface area (Å²) < 4.78 is 40.1. The van der Waals surface area contributed by atoms with Crippen molar-refractivity contribution in [3.05, 3.63) is 52.2 Å². The van der Waals surface area contributed by atoms with Gasteiger partial charge in [-0.2, -0.15) is 13.2 Å². The minimum Gasteiger partial charge on any atom is -0.365 e. The molecule has 1 aromatic carbocycles. The zero-order chi connectivity index (χ0) is 18.9. The van der Waals surface area contributed by atoms with Gasteiger partial charge in [-0.3, -0.25) is 4.79 Å². The molecule has 0 saturated heterocycles. The fourth-order valence-electron chi connectivity index (χ4n) is 2.26. The largest absolute Gasteiger partial charge is 0.416 e. The van der Waals surface area contributed by atoms with Gasteiger partial charge in [0.25, 0.3) is 5.91 Å². The number of halogens is 3. The van der Waals surface area contributed by atoms with Crippen molar-refractivity contribution in [3.8, 4) is 11.4 Å². The summed E-state index contributed by atoms with van der Waals surface area (Å²) in [6.45, 7) is 1.56. The molecule has 2 N–H and O–H groups in total. The highest BCUT2D eigenvalue weighted by Crippen LogP contribution is 2.32. The average Bonchev–Trinajstić information content (AvgIpc) is 3.22.